The molecule has 0 N–H and O–H groups in total. The standard InChI is InChI=1S/C30H58O4/c1-3-5-7-19-23-27-33-29(31)25-21-17-15-13-11-9-10-12-14-16-18-22-26-30(32)34-28-24-20-8-6-4-2/h3-28H2,1-2H3. The van der Waals surface area contributed by atoms with Gasteiger partial charge in [0.05, 0.1) is 13.2 Å². The van der Waals surface area contributed by atoms with E-state index in [1.807, 2.05) is 0 Å². The second-order valence-electron chi connectivity index (χ2n) is 10.0. The van der Waals surface area contributed by atoms with Crippen molar-refractivity contribution in [3.63, 3.8) is 0 Å². The fourth-order valence-electron chi connectivity index (χ4n) is 4.23. The molecule has 0 aromatic carbocycles. The molecule has 0 saturated heterocycles. The van der Waals surface area contributed by atoms with Gasteiger partial charge in [0.15, 0.2) is 0 Å². The number of rotatable bonds is 27. The van der Waals surface area contributed by atoms with Crippen molar-refractivity contribution in [1.29, 1.82) is 0 Å². The van der Waals surface area contributed by atoms with E-state index in [0.29, 0.717) is 26.1 Å². The number of carbonyl (C=O) groups excluding carboxylic acids is 2. The van der Waals surface area contributed by atoms with Gasteiger partial charge in [-0.3, -0.25) is 9.59 Å². The number of ether oxygens (including phenoxy) is 2. The van der Waals surface area contributed by atoms with Gasteiger partial charge < -0.3 is 9.47 Å². The van der Waals surface area contributed by atoms with E-state index in [4.69, 9.17) is 9.47 Å². The van der Waals surface area contributed by atoms with E-state index in [9.17, 15) is 9.59 Å². The van der Waals surface area contributed by atoms with Gasteiger partial charge in [-0.15, -0.1) is 0 Å². The Labute approximate surface area is 212 Å². The first-order chi connectivity index (χ1) is 16.7. The zero-order valence-corrected chi connectivity index (χ0v) is 23.0. The summed E-state index contributed by atoms with van der Waals surface area (Å²) in [6.07, 6.45) is 27.7. The smallest absolute Gasteiger partial charge is 0.305 e. The predicted octanol–water partition coefficient (Wildman–Crippen LogP) is 9.48. The molecule has 34 heavy (non-hydrogen) atoms. The fraction of sp³-hybridized carbons (Fsp3) is 0.933. The summed E-state index contributed by atoms with van der Waals surface area (Å²) in [4.78, 5) is 23.4. The minimum absolute atomic E-state index is 0.00908. The molecule has 0 spiro atoms. The van der Waals surface area contributed by atoms with Crippen LogP contribution in [0, 0.1) is 0 Å². The first-order valence-corrected chi connectivity index (χ1v) is 15.0. The lowest BCUT2D eigenvalue weighted by molar-refractivity contribution is -0.144. The molecule has 0 aliphatic carbocycles. The van der Waals surface area contributed by atoms with Gasteiger partial charge in [0.25, 0.3) is 0 Å². The topological polar surface area (TPSA) is 52.6 Å². The lowest BCUT2D eigenvalue weighted by atomic mass is 10.0. The van der Waals surface area contributed by atoms with Crippen LogP contribution in [0.2, 0.25) is 0 Å². The number of hydrogen-bond acceptors (Lipinski definition) is 4. The maximum Gasteiger partial charge on any atom is 0.305 e. The van der Waals surface area contributed by atoms with E-state index in [-0.39, 0.29) is 11.9 Å². The average Bonchev–Trinajstić information content (AvgIpc) is 2.83. The molecule has 0 amide bonds. The predicted molar refractivity (Wildman–Crippen MR) is 144 cm³/mol. The number of hydrogen-bond donors (Lipinski definition) is 0. The molecule has 0 aromatic heterocycles. The third-order valence-corrected chi connectivity index (χ3v) is 6.53. The molecule has 0 aromatic rings. The molecule has 0 unspecified atom stereocenters. The van der Waals surface area contributed by atoms with Crippen molar-refractivity contribution in [3.05, 3.63) is 0 Å². The Balaban J connectivity index is 3.19. The summed E-state index contributed by atoms with van der Waals surface area (Å²) in [5.74, 6) is -0.0182. The third kappa shape index (κ3) is 27.2. The Morgan fingerprint density at radius 2 is 0.647 bits per heavy atom. The van der Waals surface area contributed by atoms with Crippen LogP contribution in [0.25, 0.3) is 0 Å². The molecule has 4 nitrogen and oxygen atoms in total. The molecule has 0 radical (unpaired) electrons. The minimum Gasteiger partial charge on any atom is -0.466 e. The normalized spacial score (nSPS) is 11.0. The van der Waals surface area contributed by atoms with Crippen molar-refractivity contribution in [3.8, 4) is 0 Å². The number of carbonyl (C=O) groups is 2. The second-order valence-corrected chi connectivity index (χ2v) is 10.0. The molecule has 0 fully saturated rings. The molecule has 0 heterocycles. The fourth-order valence-corrected chi connectivity index (χ4v) is 4.23. The van der Waals surface area contributed by atoms with Crippen molar-refractivity contribution in [2.45, 2.75) is 168 Å². The molecular weight excluding hydrogens is 424 g/mol. The van der Waals surface area contributed by atoms with Crippen LogP contribution in [0.4, 0.5) is 0 Å². The van der Waals surface area contributed by atoms with Crippen LogP contribution in [0.1, 0.15) is 168 Å². The van der Waals surface area contributed by atoms with Crippen LogP contribution in [-0.4, -0.2) is 25.2 Å². The van der Waals surface area contributed by atoms with Crippen LogP contribution in [0.5, 0.6) is 0 Å². The highest BCUT2D eigenvalue weighted by atomic mass is 16.5. The van der Waals surface area contributed by atoms with Gasteiger partial charge >= 0.3 is 11.9 Å². The van der Waals surface area contributed by atoms with Crippen LogP contribution in [0.3, 0.4) is 0 Å². The van der Waals surface area contributed by atoms with E-state index in [2.05, 4.69) is 13.8 Å². The van der Waals surface area contributed by atoms with Crippen LogP contribution in [-0.2, 0) is 19.1 Å². The Morgan fingerprint density at radius 3 is 0.971 bits per heavy atom. The average molecular weight is 483 g/mol. The van der Waals surface area contributed by atoms with Gasteiger partial charge in [0, 0.05) is 12.8 Å². The van der Waals surface area contributed by atoms with Gasteiger partial charge in [0.2, 0.25) is 0 Å². The molecular formula is C30H58O4. The summed E-state index contributed by atoms with van der Waals surface area (Å²) in [6.45, 7) is 5.63. The van der Waals surface area contributed by atoms with E-state index >= 15 is 0 Å². The van der Waals surface area contributed by atoms with Gasteiger partial charge in [-0.25, -0.2) is 0 Å². The van der Waals surface area contributed by atoms with Crippen LogP contribution < -0.4 is 0 Å². The Kier molecular flexibility index (Phi) is 27.3. The Morgan fingerprint density at radius 1 is 0.382 bits per heavy atom. The molecule has 0 aliphatic heterocycles. The van der Waals surface area contributed by atoms with E-state index in [0.717, 1.165) is 38.5 Å². The van der Waals surface area contributed by atoms with Crippen molar-refractivity contribution in [1.82, 2.24) is 0 Å². The lowest BCUT2D eigenvalue weighted by Gasteiger charge is -2.06. The summed E-state index contributed by atoms with van der Waals surface area (Å²) in [5.41, 5.74) is 0. The van der Waals surface area contributed by atoms with Gasteiger partial charge in [-0.05, 0) is 25.7 Å². The molecule has 0 atom stereocenters. The summed E-state index contributed by atoms with van der Waals surface area (Å²) >= 11 is 0. The van der Waals surface area contributed by atoms with Crippen molar-refractivity contribution in [2.24, 2.45) is 0 Å². The lowest BCUT2D eigenvalue weighted by Crippen LogP contribution is -2.05. The highest BCUT2D eigenvalue weighted by Gasteiger charge is 2.03. The molecule has 0 rings (SSSR count). The Hall–Kier alpha value is -1.06. The minimum atomic E-state index is -0.00908. The van der Waals surface area contributed by atoms with Gasteiger partial charge in [0.1, 0.15) is 0 Å². The van der Waals surface area contributed by atoms with Gasteiger partial charge in [-0.1, -0.05) is 129 Å². The molecule has 0 saturated carbocycles. The van der Waals surface area contributed by atoms with Crippen molar-refractivity contribution >= 4 is 11.9 Å². The highest BCUT2D eigenvalue weighted by molar-refractivity contribution is 5.69. The van der Waals surface area contributed by atoms with Gasteiger partial charge in [-0.2, -0.15) is 0 Å². The second kappa shape index (κ2) is 28.2. The number of esters is 2. The van der Waals surface area contributed by atoms with Crippen LogP contribution >= 0.6 is 0 Å². The summed E-state index contributed by atoms with van der Waals surface area (Å²) in [7, 11) is 0. The summed E-state index contributed by atoms with van der Waals surface area (Å²) in [6, 6.07) is 0. The Bertz CT molecular complexity index is 396. The zero-order valence-electron chi connectivity index (χ0n) is 23.0. The van der Waals surface area contributed by atoms with E-state index < -0.39 is 0 Å². The number of unbranched alkanes of at least 4 members (excludes halogenated alkanes) is 19. The summed E-state index contributed by atoms with van der Waals surface area (Å²) < 4.78 is 10.6. The van der Waals surface area contributed by atoms with E-state index in [1.165, 1.54) is 103 Å². The van der Waals surface area contributed by atoms with Crippen molar-refractivity contribution < 1.29 is 19.1 Å². The maximum absolute atomic E-state index is 11.7. The SMILES string of the molecule is CCCCCCCOC(=O)CCCCCCCCCCCCCCC(=O)OCCCCCCC. The monoisotopic (exact) mass is 482 g/mol. The largest absolute Gasteiger partial charge is 0.466 e. The molecule has 202 valence electrons. The highest BCUT2D eigenvalue weighted by Crippen LogP contribution is 2.13. The summed E-state index contributed by atoms with van der Waals surface area (Å²) in [5, 5.41) is 0. The molecule has 4 heteroatoms. The van der Waals surface area contributed by atoms with E-state index in [1.54, 1.807) is 0 Å². The molecule has 0 aliphatic rings. The van der Waals surface area contributed by atoms with Crippen LogP contribution in [0.15, 0.2) is 0 Å². The first-order valence-electron chi connectivity index (χ1n) is 15.0. The third-order valence-electron chi connectivity index (χ3n) is 6.53. The molecule has 0 bridgehead atoms. The maximum atomic E-state index is 11.7. The van der Waals surface area contributed by atoms with Crippen molar-refractivity contribution in [2.75, 3.05) is 13.2 Å². The quantitative estimate of drug-likeness (QED) is 0.0864. The zero-order chi connectivity index (χ0) is 25.0. The first kappa shape index (κ1) is 32.9.